The van der Waals surface area contributed by atoms with Crippen molar-refractivity contribution in [3.63, 3.8) is 0 Å². The summed E-state index contributed by atoms with van der Waals surface area (Å²) in [6.07, 6.45) is -0.281. The number of carboxylic acid groups (broad SMARTS) is 1. The van der Waals surface area contributed by atoms with Gasteiger partial charge in [0.1, 0.15) is 5.15 Å². The maximum absolute atomic E-state index is 10.9. The number of carboxylic acids is 1. The standard InChI is InChI=1S/C13H7Cl4NO2/c14-6-3-8(13(17)9(15)4-6)7-1-2-11(16)18-10(7)5-12(19)20/h1-4H,5H2,(H,19,20). The molecule has 0 saturated heterocycles. The van der Waals surface area contributed by atoms with E-state index in [-0.39, 0.29) is 21.6 Å². The Hall–Kier alpha value is -1.000. The number of hydrogen-bond donors (Lipinski definition) is 1. The lowest BCUT2D eigenvalue weighted by atomic mass is 10.0. The highest BCUT2D eigenvalue weighted by Gasteiger charge is 2.16. The van der Waals surface area contributed by atoms with Crippen LogP contribution in [0.2, 0.25) is 20.2 Å². The maximum Gasteiger partial charge on any atom is 0.309 e. The molecule has 2 rings (SSSR count). The first kappa shape index (κ1) is 15.4. The monoisotopic (exact) mass is 349 g/mol. The van der Waals surface area contributed by atoms with Crippen molar-refractivity contribution in [2.24, 2.45) is 0 Å². The van der Waals surface area contributed by atoms with E-state index in [1.807, 2.05) is 0 Å². The topological polar surface area (TPSA) is 50.2 Å². The molecule has 0 amide bonds. The van der Waals surface area contributed by atoms with Gasteiger partial charge in [-0.3, -0.25) is 4.79 Å². The molecule has 2 aromatic rings. The minimum Gasteiger partial charge on any atom is -0.481 e. The van der Waals surface area contributed by atoms with Gasteiger partial charge < -0.3 is 5.11 Å². The summed E-state index contributed by atoms with van der Waals surface area (Å²) < 4.78 is 0. The van der Waals surface area contributed by atoms with Gasteiger partial charge in [-0.25, -0.2) is 4.98 Å². The van der Waals surface area contributed by atoms with Crippen LogP contribution in [0.15, 0.2) is 24.3 Å². The number of benzene rings is 1. The van der Waals surface area contributed by atoms with Gasteiger partial charge in [-0.1, -0.05) is 46.4 Å². The van der Waals surface area contributed by atoms with Crippen molar-refractivity contribution in [3.8, 4) is 11.1 Å². The summed E-state index contributed by atoms with van der Waals surface area (Å²) in [5, 5.41) is 10.1. The number of rotatable bonds is 3. The van der Waals surface area contributed by atoms with Gasteiger partial charge in [-0.2, -0.15) is 0 Å². The smallest absolute Gasteiger partial charge is 0.309 e. The second-order valence-electron chi connectivity index (χ2n) is 3.95. The molecule has 0 aliphatic carbocycles. The Labute approximate surface area is 135 Å². The van der Waals surface area contributed by atoms with Gasteiger partial charge in [0.05, 0.1) is 22.2 Å². The Kier molecular flexibility index (Phi) is 4.76. The Morgan fingerprint density at radius 2 is 1.80 bits per heavy atom. The van der Waals surface area contributed by atoms with Crippen molar-refractivity contribution in [1.29, 1.82) is 0 Å². The minimum absolute atomic E-state index is 0.203. The summed E-state index contributed by atoms with van der Waals surface area (Å²) >= 11 is 23.9. The first-order valence-electron chi connectivity index (χ1n) is 5.40. The quantitative estimate of drug-likeness (QED) is 0.626. The van der Waals surface area contributed by atoms with E-state index in [0.29, 0.717) is 21.8 Å². The summed E-state index contributed by atoms with van der Waals surface area (Å²) in [5.41, 5.74) is 1.35. The van der Waals surface area contributed by atoms with Crippen LogP contribution in [0.5, 0.6) is 0 Å². The lowest BCUT2D eigenvalue weighted by Crippen LogP contribution is -2.04. The second-order valence-corrected chi connectivity index (χ2v) is 5.56. The van der Waals surface area contributed by atoms with E-state index in [1.165, 1.54) is 6.07 Å². The molecule has 0 bridgehead atoms. The van der Waals surface area contributed by atoms with E-state index in [4.69, 9.17) is 51.5 Å². The number of aromatic nitrogens is 1. The van der Waals surface area contributed by atoms with Crippen molar-refractivity contribution in [1.82, 2.24) is 4.98 Å². The van der Waals surface area contributed by atoms with Crippen molar-refractivity contribution in [3.05, 3.63) is 50.2 Å². The van der Waals surface area contributed by atoms with Crippen LogP contribution in [0.4, 0.5) is 0 Å². The molecule has 7 heteroatoms. The number of halogens is 4. The summed E-state index contributed by atoms with van der Waals surface area (Å²) in [5.74, 6) is -1.02. The summed E-state index contributed by atoms with van der Waals surface area (Å²) in [6.45, 7) is 0. The van der Waals surface area contributed by atoms with Gasteiger partial charge in [-0.05, 0) is 24.3 Å². The van der Waals surface area contributed by atoms with Crippen LogP contribution in [0.25, 0.3) is 11.1 Å². The normalized spacial score (nSPS) is 10.6. The average molecular weight is 351 g/mol. The minimum atomic E-state index is -1.02. The number of carbonyl (C=O) groups is 1. The molecule has 3 nitrogen and oxygen atoms in total. The molecule has 1 N–H and O–H groups in total. The molecule has 0 aliphatic heterocycles. The van der Waals surface area contributed by atoms with Crippen molar-refractivity contribution < 1.29 is 9.90 Å². The third-order valence-corrected chi connectivity index (χ3v) is 3.77. The lowest BCUT2D eigenvalue weighted by molar-refractivity contribution is -0.136. The van der Waals surface area contributed by atoms with Crippen molar-refractivity contribution in [2.75, 3.05) is 0 Å². The molecule has 0 aliphatic rings. The molecular weight excluding hydrogens is 344 g/mol. The molecule has 0 fully saturated rings. The molecule has 1 heterocycles. The molecule has 20 heavy (non-hydrogen) atoms. The third kappa shape index (κ3) is 3.36. The van der Waals surface area contributed by atoms with E-state index in [9.17, 15) is 4.79 Å². The maximum atomic E-state index is 10.9. The second kappa shape index (κ2) is 6.19. The molecule has 0 unspecified atom stereocenters. The Morgan fingerprint density at radius 1 is 1.10 bits per heavy atom. The van der Waals surface area contributed by atoms with Gasteiger partial charge in [0.2, 0.25) is 0 Å². The van der Waals surface area contributed by atoms with Crippen LogP contribution in [0.3, 0.4) is 0 Å². The molecule has 1 aromatic heterocycles. The predicted octanol–water partition coefficient (Wildman–Crippen LogP) is 4.99. The molecule has 0 atom stereocenters. The van der Waals surface area contributed by atoms with Crippen molar-refractivity contribution in [2.45, 2.75) is 6.42 Å². The third-order valence-electron chi connectivity index (χ3n) is 2.54. The Bertz CT molecular complexity index is 688. The first-order valence-corrected chi connectivity index (χ1v) is 6.92. The van der Waals surface area contributed by atoms with E-state index < -0.39 is 5.97 Å². The van der Waals surface area contributed by atoms with Gasteiger partial charge >= 0.3 is 5.97 Å². The van der Waals surface area contributed by atoms with Crippen LogP contribution in [-0.4, -0.2) is 16.1 Å². The van der Waals surface area contributed by atoms with Gasteiger partial charge in [-0.15, -0.1) is 0 Å². The largest absolute Gasteiger partial charge is 0.481 e. The lowest BCUT2D eigenvalue weighted by Gasteiger charge is -2.11. The number of nitrogens with zero attached hydrogens (tertiary/aromatic N) is 1. The fourth-order valence-corrected chi connectivity index (χ4v) is 2.62. The molecule has 0 saturated carbocycles. The Morgan fingerprint density at radius 3 is 2.45 bits per heavy atom. The molecular formula is C13H7Cl4NO2. The van der Waals surface area contributed by atoms with Gasteiger partial charge in [0, 0.05) is 16.1 Å². The fraction of sp³-hybridized carbons (Fsp3) is 0.0769. The molecule has 104 valence electrons. The molecule has 0 spiro atoms. The van der Waals surface area contributed by atoms with Crippen LogP contribution in [0.1, 0.15) is 5.69 Å². The zero-order valence-corrected chi connectivity index (χ0v) is 12.9. The first-order chi connectivity index (χ1) is 9.38. The number of pyridine rings is 1. The average Bonchev–Trinajstić information content (AvgIpc) is 2.33. The zero-order valence-electron chi connectivity index (χ0n) is 9.83. The van der Waals surface area contributed by atoms with Crippen LogP contribution < -0.4 is 0 Å². The van der Waals surface area contributed by atoms with Crippen molar-refractivity contribution >= 4 is 52.4 Å². The van der Waals surface area contributed by atoms with Gasteiger partial charge in [0.15, 0.2) is 0 Å². The van der Waals surface area contributed by atoms with E-state index in [1.54, 1.807) is 18.2 Å². The highest BCUT2D eigenvalue weighted by Crippen LogP contribution is 2.38. The Balaban J connectivity index is 2.66. The van der Waals surface area contributed by atoms with E-state index in [0.717, 1.165) is 0 Å². The van der Waals surface area contributed by atoms with Gasteiger partial charge in [0.25, 0.3) is 0 Å². The van der Waals surface area contributed by atoms with Crippen LogP contribution >= 0.6 is 46.4 Å². The number of aliphatic carboxylic acids is 1. The summed E-state index contributed by atoms with van der Waals surface area (Å²) in [7, 11) is 0. The number of hydrogen-bond acceptors (Lipinski definition) is 2. The summed E-state index contributed by atoms with van der Waals surface area (Å²) in [6, 6.07) is 6.30. The fourth-order valence-electron chi connectivity index (χ4n) is 1.75. The SMILES string of the molecule is O=C(O)Cc1nc(Cl)ccc1-c1cc(Cl)cc(Cl)c1Cl. The van der Waals surface area contributed by atoms with Crippen LogP contribution in [0, 0.1) is 0 Å². The predicted molar refractivity (Wildman–Crippen MR) is 81.1 cm³/mol. The highest BCUT2D eigenvalue weighted by atomic mass is 35.5. The zero-order chi connectivity index (χ0) is 14.9. The van der Waals surface area contributed by atoms with E-state index in [2.05, 4.69) is 4.98 Å². The summed E-state index contributed by atoms with van der Waals surface area (Å²) in [4.78, 5) is 14.9. The molecule has 0 radical (unpaired) electrons. The molecule has 1 aromatic carbocycles. The van der Waals surface area contributed by atoms with E-state index >= 15 is 0 Å². The highest BCUT2D eigenvalue weighted by molar-refractivity contribution is 6.45. The van der Waals surface area contributed by atoms with Crippen LogP contribution in [-0.2, 0) is 11.2 Å².